The normalized spacial score (nSPS) is 13.9. The molecule has 0 atom stereocenters. The molecule has 1 aliphatic heterocycles. The van der Waals surface area contributed by atoms with E-state index in [1.165, 1.54) is 17.2 Å². The highest BCUT2D eigenvalue weighted by Crippen LogP contribution is 2.27. The number of hydrogen-bond donors (Lipinski definition) is 1. The topological polar surface area (TPSA) is 85.3 Å². The maximum atomic E-state index is 10.6. The van der Waals surface area contributed by atoms with E-state index in [2.05, 4.69) is 16.0 Å². The van der Waals surface area contributed by atoms with Gasteiger partial charge in [-0.15, -0.1) is 0 Å². The van der Waals surface area contributed by atoms with E-state index in [1.807, 2.05) is 12.1 Å². The van der Waals surface area contributed by atoms with Gasteiger partial charge in [0.05, 0.1) is 5.69 Å². The number of nitrogens with two attached hydrogens (primary N) is 1. The van der Waals surface area contributed by atoms with Crippen molar-refractivity contribution >= 4 is 17.2 Å². The Kier molecular flexibility index (Phi) is 2.98. The van der Waals surface area contributed by atoms with Gasteiger partial charge in [-0.2, -0.15) is 0 Å². The Balaban J connectivity index is 1.85. The highest BCUT2D eigenvalue weighted by atomic mass is 16.6. The van der Waals surface area contributed by atoms with Gasteiger partial charge in [0, 0.05) is 24.8 Å². The van der Waals surface area contributed by atoms with Crippen LogP contribution in [0.4, 0.5) is 17.2 Å². The van der Waals surface area contributed by atoms with Crippen molar-refractivity contribution in [1.29, 1.82) is 0 Å². The van der Waals surface area contributed by atoms with Crippen molar-refractivity contribution in [3.05, 3.63) is 57.8 Å². The van der Waals surface area contributed by atoms with Crippen LogP contribution in [0, 0.1) is 10.1 Å². The fourth-order valence-electron chi connectivity index (χ4n) is 2.53. The number of nitrogen functional groups attached to an aromatic ring is 1. The standard InChI is InChI=1S/C14H14N4O2/c15-13-3-1-2-10-9-17(7-6-12(10)13)11-4-5-14(16-8-11)18(19)20/h1-5,8H,6-7,9,15H2. The largest absolute Gasteiger partial charge is 0.398 e. The second-order valence-electron chi connectivity index (χ2n) is 4.79. The van der Waals surface area contributed by atoms with E-state index in [0.717, 1.165) is 30.9 Å². The van der Waals surface area contributed by atoms with E-state index in [9.17, 15) is 10.1 Å². The summed E-state index contributed by atoms with van der Waals surface area (Å²) in [5, 5.41) is 10.6. The molecule has 2 N–H and O–H groups in total. The van der Waals surface area contributed by atoms with Crippen molar-refractivity contribution in [3.63, 3.8) is 0 Å². The summed E-state index contributed by atoms with van der Waals surface area (Å²) in [6.45, 7) is 1.58. The van der Waals surface area contributed by atoms with Gasteiger partial charge >= 0.3 is 5.82 Å². The van der Waals surface area contributed by atoms with E-state index >= 15 is 0 Å². The number of nitrogens with zero attached hydrogens (tertiary/aromatic N) is 3. The van der Waals surface area contributed by atoms with Gasteiger partial charge in [-0.05, 0) is 39.6 Å². The van der Waals surface area contributed by atoms with Crippen molar-refractivity contribution in [2.75, 3.05) is 17.2 Å². The summed E-state index contributed by atoms with van der Waals surface area (Å²) < 4.78 is 0. The molecule has 1 aliphatic rings. The number of pyridine rings is 1. The maximum absolute atomic E-state index is 10.6. The molecular formula is C14H14N4O2. The molecule has 2 heterocycles. The average Bonchev–Trinajstić information content (AvgIpc) is 2.47. The minimum absolute atomic E-state index is 0.129. The van der Waals surface area contributed by atoms with Gasteiger partial charge in [0.2, 0.25) is 0 Å². The van der Waals surface area contributed by atoms with Crippen LogP contribution in [0.1, 0.15) is 11.1 Å². The van der Waals surface area contributed by atoms with Gasteiger partial charge in [0.25, 0.3) is 0 Å². The Hall–Kier alpha value is -2.63. The summed E-state index contributed by atoms with van der Waals surface area (Å²) in [6, 6.07) is 9.11. The molecule has 102 valence electrons. The van der Waals surface area contributed by atoms with E-state index in [4.69, 9.17) is 5.73 Å². The van der Waals surface area contributed by atoms with Crippen molar-refractivity contribution in [3.8, 4) is 0 Å². The number of fused-ring (bicyclic) bond motifs is 1. The predicted molar refractivity (Wildman–Crippen MR) is 76.5 cm³/mol. The molecule has 0 saturated carbocycles. The van der Waals surface area contributed by atoms with Crippen LogP contribution < -0.4 is 10.6 Å². The number of rotatable bonds is 2. The van der Waals surface area contributed by atoms with E-state index in [1.54, 1.807) is 12.3 Å². The third-order valence-corrected chi connectivity index (χ3v) is 3.59. The Morgan fingerprint density at radius 2 is 2.15 bits per heavy atom. The summed E-state index contributed by atoms with van der Waals surface area (Å²) in [5.41, 5.74) is 10.1. The maximum Gasteiger partial charge on any atom is 0.363 e. The first-order valence-electron chi connectivity index (χ1n) is 6.37. The first kappa shape index (κ1) is 12.4. The number of nitro groups is 1. The summed E-state index contributed by atoms with van der Waals surface area (Å²) in [5.74, 6) is -0.129. The highest BCUT2D eigenvalue weighted by molar-refractivity contribution is 5.56. The predicted octanol–water partition coefficient (Wildman–Crippen LogP) is 2.13. The second-order valence-corrected chi connectivity index (χ2v) is 4.79. The number of benzene rings is 1. The molecule has 6 nitrogen and oxygen atoms in total. The number of hydrogen-bond acceptors (Lipinski definition) is 5. The van der Waals surface area contributed by atoms with Crippen LogP contribution in [0.5, 0.6) is 0 Å². The molecule has 0 spiro atoms. The van der Waals surface area contributed by atoms with Crippen molar-refractivity contribution in [1.82, 2.24) is 4.98 Å². The molecule has 3 rings (SSSR count). The summed E-state index contributed by atoms with van der Waals surface area (Å²) in [4.78, 5) is 16.1. The Morgan fingerprint density at radius 3 is 2.85 bits per heavy atom. The van der Waals surface area contributed by atoms with Crippen molar-refractivity contribution < 1.29 is 4.92 Å². The van der Waals surface area contributed by atoms with E-state index in [0.29, 0.717) is 0 Å². The summed E-state index contributed by atoms with van der Waals surface area (Å²) in [6.07, 6.45) is 2.43. The molecular weight excluding hydrogens is 256 g/mol. The summed E-state index contributed by atoms with van der Waals surface area (Å²) in [7, 11) is 0. The zero-order chi connectivity index (χ0) is 14.1. The molecule has 1 aromatic carbocycles. The molecule has 0 unspecified atom stereocenters. The molecule has 6 heteroatoms. The quantitative estimate of drug-likeness (QED) is 0.513. The zero-order valence-electron chi connectivity index (χ0n) is 10.8. The minimum atomic E-state index is -0.490. The lowest BCUT2D eigenvalue weighted by atomic mass is 9.98. The van der Waals surface area contributed by atoms with E-state index in [-0.39, 0.29) is 5.82 Å². The molecule has 20 heavy (non-hydrogen) atoms. The summed E-state index contributed by atoms with van der Waals surface area (Å²) >= 11 is 0. The molecule has 0 bridgehead atoms. The van der Waals surface area contributed by atoms with Crippen LogP contribution in [0.15, 0.2) is 36.5 Å². The number of anilines is 2. The van der Waals surface area contributed by atoms with E-state index < -0.39 is 4.92 Å². The van der Waals surface area contributed by atoms with Crippen LogP contribution >= 0.6 is 0 Å². The highest BCUT2D eigenvalue weighted by Gasteiger charge is 2.19. The molecule has 2 aromatic rings. The van der Waals surface area contributed by atoms with Gasteiger partial charge in [0.15, 0.2) is 6.20 Å². The van der Waals surface area contributed by atoms with Crippen LogP contribution in [-0.2, 0) is 13.0 Å². The molecule has 0 radical (unpaired) electrons. The fraction of sp³-hybridized carbons (Fsp3) is 0.214. The lowest BCUT2D eigenvalue weighted by molar-refractivity contribution is -0.389. The Labute approximate surface area is 116 Å². The first-order valence-corrected chi connectivity index (χ1v) is 6.37. The lowest BCUT2D eigenvalue weighted by Crippen LogP contribution is -2.30. The average molecular weight is 270 g/mol. The molecule has 0 amide bonds. The zero-order valence-corrected chi connectivity index (χ0v) is 10.8. The van der Waals surface area contributed by atoms with Gasteiger partial charge < -0.3 is 20.7 Å². The third kappa shape index (κ3) is 2.16. The number of aromatic nitrogens is 1. The van der Waals surface area contributed by atoms with Gasteiger partial charge in [-0.25, -0.2) is 0 Å². The van der Waals surface area contributed by atoms with Gasteiger partial charge in [0.1, 0.15) is 0 Å². The smallest absolute Gasteiger partial charge is 0.363 e. The van der Waals surface area contributed by atoms with Gasteiger partial charge in [-0.3, -0.25) is 0 Å². The lowest BCUT2D eigenvalue weighted by Gasteiger charge is -2.30. The van der Waals surface area contributed by atoms with Crippen LogP contribution in [0.2, 0.25) is 0 Å². The monoisotopic (exact) mass is 270 g/mol. The van der Waals surface area contributed by atoms with Crippen LogP contribution in [0.25, 0.3) is 0 Å². The third-order valence-electron chi connectivity index (χ3n) is 3.59. The SMILES string of the molecule is Nc1cccc2c1CCN(c1ccc([N+](=O)[O-])nc1)C2. The Morgan fingerprint density at radius 1 is 1.30 bits per heavy atom. The van der Waals surface area contributed by atoms with Crippen molar-refractivity contribution in [2.45, 2.75) is 13.0 Å². The van der Waals surface area contributed by atoms with Crippen LogP contribution in [-0.4, -0.2) is 16.5 Å². The van der Waals surface area contributed by atoms with Crippen molar-refractivity contribution in [2.24, 2.45) is 0 Å². The Bertz CT molecular complexity index is 655. The first-order chi connectivity index (χ1) is 9.65. The fourth-order valence-corrected chi connectivity index (χ4v) is 2.53. The molecule has 1 aromatic heterocycles. The molecule has 0 saturated heterocycles. The molecule has 0 fully saturated rings. The van der Waals surface area contributed by atoms with Gasteiger partial charge in [-0.1, -0.05) is 12.1 Å². The minimum Gasteiger partial charge on any atom is -0.398 e. The molecule has 0 aliphatic carbocycles. The second kappa shape index (κ2) is 4.80. The van der Waals surface area contributed by atoms with Crippen LogP contribution in [0.3, 0.4) is 0 Å².